The summed E-state index contributed by atoms with van der Waals surface area (Å²) in [6.07, 6.45) is 1.43. The summed E-state index contributed by atoms with van der Waals surface area (Å²) in [4.78, 5) is 32.1. The summed E-state index contributed by atoms with van der Waals surface area (Å²) in [5, 5.41) is 4.80. The Morgan fingerprint density at radius 1 is 1.13 bits per heavy atom. The van der Waals surface area contributed by atoms with E-state index in [0.717, 1.165) is 28.3 Å². The molecule has 0 unspecified atom stereocenters. The van der Waals surface area contributed by atoms with E-state index in [-0.39, 0.29) is 12.2 Å². The quantitative estimate of drug-likeness (QED) is 0.374. The summed E-state index contributed by atoms with van der Waals surface area (Å²) in [6, 6.07) is 14.3. The highest BCUT2D eigenvalue weighted by Crippen LogP contribution is 2.34. The van der Waals surface area contributed by atoms with Gasteiger partial charge in [0.05, 0.1) is 12.0 Å². The van der Waals surface area contributed by atoms with Crippen LogP contribution in [0.4, 0.5) is 0 Å². The van der Waals surface area contributed by atoms with E-state index >= 15 is 0 Å². The molecule has 0 spiro atoms. The van der Waals surface area contributed by atoms with E-state index in [2.05, 4.69) is 24.3 Å². The van der Waals surface area contributed by atoms with Crippen molar-refractivity contribution in [1.82, 2.24) is 9.55 Å². The molecule has 0 aliphatic rings. The molecule has 4 rings (SSSR count). The number of rotatable bonds is 6. The van der Waals surface area contributed by atoms with Crippen molar-refractivity contribution < 1.29 is 9.53 Å². The number of nitrogens with zero attached hydrogens (tertiary/aromatic N) is 2. The highest BCUT2D eigenvalue weighted by Gasteiger charge is 2.35. The molecular formula is C25H26N2O3S. The largest absolute Gasteiger partial charge is 0.464 e. The van der Waals surface area contributed by atoms with Gasteiger partial charge in [-0.25, -0.2) is 9.78 Å². The number of carbonyl (C=O) groups is 1. The van der Waals surface area contributed by atoms with Crippen LogP contribution in [0.15, 0.2) is 52.6 Å². The fraction of sp³-hybridized carbons (Fsp3) is 0.320. The van der Waals surface area contributed by atoms with Crippen molar-refractivity contribution in [3.05, 3.63) is 64.0 Å². The summed E-state index contributed by atoms with van der Waals surface area (Å²) in [5.41, 5.74) is 0.463. The Bertz CT molecular complexity index is 1330. The fourth-order valence-electron chi connectivity index (χ4n) is 3.97. The topological polar surface area (TPSA) is 61.2 Å². The van der Waals surface area contributed by atoms with Gasteiger partial charge in [0.25, 0.3) is 5.56 Å². The van der Waals surface area contributed by atoms with Crippen molar-refractivity contribution in [3.63, 3.8) is 0 Å². The molecule has 0 fully saturated rings. The molecule has 4 aromatic rings. The maximum absolute atomic E-state index is 13.8. The van der Waals surface area contributed by atoms with Crippen LogP contribution in [0.2, 0.25) is 0 Å². The zero-order valence-electron chi connectivity index (χ0n) is 18.3. The lowest BCUT2D eigenvalue weighted by Gasteiger charge is -2.27. The number of aryl methyl sites for hydroxylation is 1. The van der Waals surface area contributed by atoms with Crippen molar-refractivity contribution in [2.45, 2.75) is 46.1 Å². The number of carbonyl (C=O) groups excluding carboxylic acids is 1. The molecule has 31 heavy (non-hydrogen) atoms. The van der Waals surface area contributed by atoms with Crippen LogP contribution < -0.4 is 5.56 Å². The second-order valence-corrected chi connectivity index (χ2v) is 8.95. The Morgan fingerprint density at radius 3 is 2.58 bits per heavy atom. The van der Waals surface area contributed by atoms with E-state index < -0.39 is 11.5 Å². The van der Waals surface area contributed by atoms with Crippen LogP contribution in [0.5, 0.6) is 0 Å². The van der Waals surface area contributed by atoms with Gasteiger partial charge in [-0.1, -0.05) is 43.3 Å². The van der Waals surface area contributed by atoms with Gasteiger partial charge in [-0.2, -0.15) is 0 Å². The standard InChI is InChI=1S/C25H26N2O3S/c1-5-9-20-26-22-21(23(28)27(20)25(3,4)24(29)30-6-2)19(15-31-22)18-13-12-16-10-7-8-11-17(16)14-18/h7-8,10-15H,5-6,9H2,1-4H3. The van der Waals surface area contributed by atoms with E-state index in [9.17, 15) is 9.59 Å². The van der Waals surface area contributed by atoms with Gasteiger partial charge in [0, 0.05) is 17.4 Å². The average Bonchev–Trinajstić information content (AvgIpc) is 3.18. The van der Waals surface area contributed by atoms with Crippen LogP contribution >= 0.6 is 11.3 Å². The lowest BCUT2D eigenvalue weighted by Crippen LogP contribution is -2.45. The van der Waals surface area contributed by atoms with Crippen molar-refractivity contribution in [3.8, 4) is 11.1 Å². The highest BCUT2D eigenvalue weighted by molar-refractivity contribution is 7.17. The lowest BCUT2D eigenvalue weighted by molar-refractivity contribution is -0.152. The third-order valence-electron chi connectivity index (χ3n) is 5.55. The lowest BCUT2D eigenvalue weighted by atomic mass is 10.0. The maximum atomic E-state index is 13.8. The second-order valence-electron chi connectivity index (χ2n) is 8.09. The summed E-state index contributed by atoms with van der Waals surface area (Å²) in [5.74, 6) is 0.183. The first-order valence-corrected chi connectivity index (χ1v) is 11.5. The number of ether oxygens (including phenoxy) is 1. The number of hydrogen-bond donors (Lipinski definition) is 0. The SMILES string of the molecule is CCCc1nc2scc(-c3ccc4ccccc4c3)c2c(=O)n1C(C)(C)C(=O)OCC. The molecular weight excluding hydrogens is 408 g/mol. The first kappa shape index (κ1) is 21.2. The third kappa shape index (κ3) is 3.65. The molecule has 0 atom stereocenters. The number of fused-ring (bicyclic) bond motifs is 2. The Kier molecular flexibility index (Phi) is 5.67. The maximum Gasteiger partial charge on any atom is 0.331 e. The van der Waals surface area contributed by atoms with Crippen LogP contribution in [0.25, 0.3) is 32.1 Å². The molecule has 0 amide bonds. The molecule has 2 heterocycles. The summed E-state index contributed by atoms with van der Waals surface area (Å²) < 4.78 is 6.82. The molecule has 0 radical (unpaired) electrons. The second kappa shape index (κ2) is 8.27. The smallest absolute Gasteiger partial charge is 0.331 e. The molecule has 5 nitrogen and oxygen atoms in total. The molecule has 6 heteroatoms. The van der Waals surface area contributed by atoms with E-state index in [4.69, 9.17) is 9.72 Å². The molecule has 0 aliphatic carbocycles. The highest BCUT2D eigenvalue weighted by atomic mass is 32.1. The number of aromatic nitrogens is 2. The summed E-state index contributed by atoms with van der Waals surface area (Å²) in [6.45, 7) is 7.51. The van der Waals surface area contributed by atoms with Gasteiger partial charge in [-0.05, 0) is 49.6 Å². The molecule has 2 aromatic heterocycles. The predicted octanol–water partition coefficient (Wildman–Crippen LogP) is 5.53. The number of benzene rings is 2. The van der Waals surface area contributed by atoms with E-state index in [1.54, 1.807) is 20.8 Å². The van der Waals surface area contributed by atoms with Crippen molar-refractivity contribution in [2.24, 2.45) is 0 Å². The van der Waals surface area contributed by atoms with Crippen LogP contribution in [0, 0.1) is 0 Å². The molecule has 0 N–H and O–H groups in total. The Balaban J connectivity index is 1.98. The number of thiophene rings is 1. The third-order valence-corrected chi connectivity index (χ3v) is 6.42. The number of hydrogen-bond acceptors (Lipinski definition) is 5. The van der Waals surface area contributed by atoms with E-state index in [1.165, 1.54) is 15.9 Å². The van der Waals surface area contributed by atoms with Crippen molar-refractivity contribution in [2.75, 3.05) is 6.61 Å². The summed E-state index contributed by atoms with van der Waals surface area (Å²) >= 11 is 1.47. The fourth-order valence-corrected chi connectivity index (χ4v) is 4.93. The molecule has 2 aromatic carbocycles. The minimum absolute atomic E-state index is 0.198. The molecule has 0 bridgehead atoms. The Morgan fingerprint density at radius 2 is 1.87 bits per heavy atom. The molecule has 160 valence electrons. The summed E-state index contributed by atoms with van der Waals surface area (Å²) in [7, 11) is 0. The van der Waals surface area contributed by atoms with Gasteiger partial charge in [-0.3, -0.25) is 9.36 Å². The Hall–Kier alpha value is -2.99. The van der Waals surface area contributed by atoms with Crippen LogP contribution in [0.3, 0.4) is 0 Å². The minimum Gasteiger partial charge on any atom is -0.464 e. The zero-order chi connectivity index (χ0) is 22.2. The van der Waals surface area contributed by atoms with Gasteiger partial charge in [0.1, 0.15) is 16.2 Å². The van der Waals surface area contributed by atoms with Gasteiger partial charge < -0.3 is 4.74 Å². The normalized spacial score (nSPS) is 11.9. The van der Waals surface area contributed by atoms with E-state index in [0.29, 0.717) is 22.5 Å². The van der Waals surface area contributed by atoms with Gasteiger partial charge >= 0.3 is 5.97 Å². The van der Waals surface area contributed by atoms with Crippen LogP contribution in [0.1, 0.15) is 39.9 Å². The van der Waals surface area contributed by atoms with Crippen LogP contribution in [-0.2, 0) is 21.5 Å². The van der Waals surface area contributed by atoms with Crippen molar-refractivity contribution in [1.29, 1.82) is 0 Å². The monoisotopic (exact) mass is 434 g/mol. The minimum atomic E-state index is -1.15. The van der Waals surface area contributed by atoms with Crippen molar-refractivity contribution >= 4 is 38.3 Å². The Labute approximate surface area is 185 Å². The van der Waals surface area contributed by atoms with Gasteiger partial charge in [0.2, 0.25) is 0 Å². The predicted molar refractivity (Wildman–Crippen MR) is 127 cm³/mol. The van der Waals surface area contributed by atoms with Gasteiger partial charge in [-0.15, -0.1) is 11.3 Å². The molecule has 0 saturated heterocycles. The zero-order valence-corrected chi connectivity index (χ0v) is 19.1. The van der Waals surface area contributed by atoms with E-state index in [1.807, 2.05) is 30.5 Å². The van der Waals surface area contributed by atoms with Crippen LogP contribution in [-0.4, -0.2) is 22.1 Å². The first-order chi connectivity index (χ1) is 14.9. The van der Waals surface area contributed by atoms with Gasteiger partial charge in [0.15, 0.2) is 0 Å². The average molecular weight is 435 g/mol. The number of esters is 1. The molecule has 0 saturated carbocycles. The molecule has 0 aliphatic heterocycles. The first-order valence-electron chi connectivity index (χ1n) is 10.6.